The number of aromatic nitrogens is 2. The van der Waals surface area contributed by atoms with Gasteiger partial charge in [-0.15, -0.1) is 0 Å². The Kier molecular flexibility index (Phi) is 3.96. The van der Waals surface area contributed by atoms with Gasteiger partial charge >= 0.3 is 0 Å². The predicted octanol–water partition coefficient (Wildman–Crippen LogP) is 1.96. The van der Waals surface area contributed by atoms with Gasteiger partial charge in [-0.2, -0.15) is 5.10 Å². The summed E-state index contributed by atoms with van der Waals surface area (Å²) >= 11 is 5.75. The average molecular weight is 269 g/mol. The number of nitrogens with one attached hydrogen (secondary N) is 1. The molecule has 0 radical (unpaired) electrons. The molecule has 3 N–H and O–H groups in total. The van der Waals surface area contributed by atoms with Gasteiger partial charge in [0.1, 0.15) is 5.82 Å². The SMILES string of the molecule is Cn1nccc1C(Cc1cccc(Cl)c1F)NN. The van der Waals surface area contributed by atoms with Crippen LogP contribution in [0.25, 0.3) is 0 Å². The number of nitrogens with two attached hydrogens (primary N) is 1. The van der Waals surface area contributed by atoms with Crippen molar-refractivity contribution in [3.8, 4) is 0 Å². The van der Waals surface area contributed by atoms with Crippen molar-refractivity contribution in [2.24, 2.45) is 12.9 Å². The molecule has 0 spiro atoms. The Labute approximate surface area is 110 Å². The van der Waals surface area contributed by atoms with Crippen molar-refractivity contribution < 1.29 is 4.39 Å². The first-order chi connectivity index (χ1) is 8.63. The highest BCUT2D eigenvalue weighted by atomic mass is 35.5. The highest BCUT2D eigenvalue weighted by molar-refractivity contribution is 6.30. The van der Waals surface area contributed by atoms with Gasteiger partial charge in [-0.05, 0) is 24.1 Å². The van der Waals surface area contributed by atoms with Crippen molar-refractivity contribution in [1.29, 1.82) is 0 Å². The van der Waals surface area contributed by atoms with Crippen molar-refractivity contribution in [1.82, 2.24) is 15.2 Å². The second-order valence-corrected chi connectivity index (χ2v) is 4.42. The molecule has 0 bridgehead atoms. The van der Waals surface area contributed by atoms with Crippen LogP contribution in [-0.2, 0) is 13.5 Å². The topological polar surface area (TPSA) is 55.9 Å². The van der Waals surface area contributed by atoms with Crippen LogP contribution in [0.3, 0.4) is 0 Å². The molecule has 2 rings (SSSR count). The molecule has 0 aliphatic heterocycles. The number of benzene rings is 1. The molecule has 1 heterocycles. The van der Waals surface area contributed by atoms with Crippen LogP contribution < -0.4 is 11.3 Å². The van der Waals surface area contributed by atoms with E-state index in [-0.39, 0.29) is 11.1 Å². The van der Waals surface area contributed by atoms with Gasteiger partial charge in [-0.3, -0.25) is 16.0 Å². The van der Waals surface area contributed by atoms with Gasteiger partial charge in [0.15, 0.2) is 0 Å². The lowest BCUT2D eigenvalue weighted by molar-refractivity contribution is 0.495. The standard InChI is InChI=1S/C12H14ClFN4/c1-18-11(5-6-16-18)10(17-15)7-8-3-2-4-9(13)12(8)14/h2-6,10,17H,7,15H2,1H3. The van der Waals surface area contributed by atoms with Crippen molar-refractivity contribution in [3.63, 3.8) is 0 Å². The second kappa shape index (κ2) is 5.48. The van der Waals surface area contributed by atoms with Crippen molar-refractivity contribution in [3.05, 3.63) is 52.6 Å². The van der Waals surface area contributed by atoms with Crippen molar-refractivity contribution in [2.75, 3.05) is 0 Å². The Morgan fingerprint density at radius 1 is 1.50 bits per heavy atom. The summed E-state index contributed by atoms with van der Waals surface area (Å²) in [5, 5.41) is 4.19. The van der Waals surface area contributed by atoms with Gasteiger partial charge in [0.2, 0.25) is 0 Å². The minimum atomic E-state index is -0.401. The molecule has 0 saturated heterocycles. The lowest BCUT2D eigenvalue weighted by Crippen LogP contribution is -2.31. The molecule has 18 heavy (non-hydrogen) atoms. The molecule has 6 heteroatoms. The maximum absolute atomic E-state index is 13.8. The van der Waals surface area contributed by atoms with Gasteiger partial charge in [0.25, 0.3) is 0 Å². The summed E-state index contributed by atoms with van der Waals surface area (Å²) in [6, 6.07) is 6.56. The van der Waals surface area contributed by atoms with E-state index in [0.29, 0.717) is 12.0 Å². The lowest BCUT2D eigenvalue weighted by atomic mass is 10.0. The first kappa shape index (κ1) is 13.0. The van der Waals surface area contributed by atoms with E-state index in [1.807, 2.05) is 13.1 Å². The number of nitrogens with zero attached hydrogens (tertiary/aromatic N) is 2. The monoisotopic (exact) mass is 268 g/mol. The molecule has 1 unspecified atom stereocenters. The van der Waals surface area contributed by atoms with E-state index >= 15 is 0 Å². The fourth-order valence-electron chi connectivity index (χ4n) is 1.90. The first-order valence-corrected chi connectivity index (χ1v) is 5.88. The van der Waals surface area contributed by atoms with E-state index in [1.54, 1.807) is 23.0 Å². The van der Waals surface area contributed by atoms with Gasteiger partial charge in [-0.1, -0.05) is 23.7 Å². The average Bonchev–Trinajstić information content (AvgIpc) is 2.77. The summed E-state index contributed by atoms with van der Waals surface area (Å²) in [5.41, 5.74) is 4.08. The number of hydrogen-bond acceptors (Lipinski definition) is 3. The highest BCUT2D eigenvalue weighted by Crippen LogP contribution is 2.23. The molecule has 0 fully saturated rings. The van der Waals surface area contributed by atoms with Gasteiger partial charge in [0, 0.05) is 13.2 Å². The van der Waals surface area contributed by atoms with Gasteiger partial charge in [-0.25, -0.2) is 4.39 Å². The van der Waals surface area contributed by atoms with Crippen LogP contribution in [0.1, 0.15) is 17.3 Å². The fraction of sp³-hybridized carbons (Fsp3) is 0.250. The van der Waals surface area contributed by atoms with E-state index in [0.717, 1.165) is 5.69 Å². The minimum absolute atomic E-state index is 0.119. The number of hydrazine groups is 1. The number of rotatable bonds is 4. The molecule has 1 aromatic heterocycles. The van der Waals surface area contributed by atoms with Crippen molar-refractivity contribution in [2.45, 2.75) is 12.5 Å². The van der Waals surface area contributed by atoms with E-state index < -0.39 is 5.82 Å². The molecule has 96 valence electrons. The summed E-state index contributed by atoms with van der Waals surface area (Å²) in [6.07, 6.45) is 2.08. The quantitative estimate of drug-likeness (QED) is 0.658. The zero-order chi connectivity index (χ0) is 13.1. The van der Waals surface area contributed by atoms with Gasteiger partial charge in [0.05, 0.1) is 16.8 Å². The molecule has 0 saturated carbocycles. The summed E-state index contributed by atoms with van der Waals surface area (Å²) < 4.78 is 15.5. The predicted molar refractivity (Wildman–Crippen MR) is 68.4 cm³/mol. The van der Waals surface area contributed by atoms with Gasteiger partial charge < -0.3 is 0 Å². The minimum Gasteiger partial charge on any atom is -0.271 e. The van der Waals surface area contributed by atoms with Crippen molar-refractivity contribution >= 4 is 11.6 Å². The van der Waals surface area contributed by atoms with E-state index in [2.05, 4.69) is 10.5 Å². The molecular weight excluding hydrogens is 255 g/mol. The molecular formula is C12H14ClFN4. The van der Waals surface area contributed by atoms with Crippen LogP contribution in [0.15, 0.2) is 30.5 Å². The number of hydrogen-bond donors (Lipinski definition) is 2. The number of halogens is 2. The Morgan fingerprint density at radius 3 is 2.89 bits per heavy atom. The zero-order valence-electron chi connectivity index (χ0n) is 9.90. The Balaban J connectivity index is 2.26. The molecule has 0 amide bonds. The van der Waals surface area contributed by atoms with Crippen LogP contribution >= 0.6 is 11.6 Å². The Hall–Kier alpha value is -1.43. The summed E-state index contributed by atoms with van der Waals surface area (Å²) in [5.74, 6) is 5.12. The highest BCUT2D eigenvalue weighted by Gasteiger charge is 2.17. The number of aryl methyl sites for hydroxylation is 1. The maximum atomic E-state index is 13.8. The molecule has 0 aliphatic rings. The summed E-state index contributed by atoms with van der Waals surface area (Å²) in [4.78, 5) is 0. The van der Waals surface area contributed by atoms with E-state index in [1.165, 1.54) is 6.07 Å². The Bertz CT molecular complexity index is 541. The third kappa shape index (κ3) is 2.53. The first-order valence-electron chi connectivity index (χ1n) is 5.50. The largest absolute Gasteiger partial charge is 0.271 e. The van der Waals surface area contributed by atoms with Crippen LogP contribution in [0.5, 0.6) is 0 Å². The van der Waals surface area contributed by atoms with Crippen LogP contribution in [0.4, 0.5) is 4.39 Å². The molecule has 2 aromatic rings. The Morgan fingerprint density at radius 2 is 2.28 bits per heavy atom. The molecule has 4 nitrogen and oxygen atoms in total. The second-order valence-electron chi connectivity index (χ2n) is 4.02. The summed E-state index contributed by atoms with van der Waals surface area (Å²) in [6.45, 7) is 0. The normalized spacial score (nSPS) is 12.7. The smallest absolute Gasteiger partial charge is 0.145 e. The summed E-state index contributed by atoms with van der Waals surface area (Å²) in [7, 11) is 1.81. The third-order valence-corrected chi connectivity index (χ3v) is 3.16. The van der Waals surface area contributed by atoms with Crippen LogP contribution in [0, 0.1) is 5.82 Å². The third-order valence-electron chi connectivity index (χ3n) is 2.87. The zero-order valence-corrected chi connectivity index (χ0v) is 10.7. The van der Waals surface area contributed by atoms with E-state index in [9.17, 15) is 4.39 Å². The fourth-order valence-corrected chi connectivity index (χ4v) is 2.09. The maximum Gasteiger partial charge on any atom is 0.145 e. The molecule has 0 aliphatic carbocycles. The van der Waals surface area contributed by atoms with Crippen LogP contribution in [-0.4, -0.2) is 9.78 Å². The molecule has 1 aromatic carbocycles. The van der Waals surface area contributed by atoms with E-state index in [4.69, 9.17) is 17.4 Å². The molecule has 1 atom stereocenters. The lowest BCUT2D eigenvalue weighted by Gasteiger charge is -2.16. The van der Waals surface area contributed by atoms with Crippen LogP contribution in [0.2, 0.25) is 5.02 Å².